The Morgan fingerprint density at radius 2 is 2.04 bits per heavy atom. The van der Waals surface area contributed by atoms with Gasteiger partial charge in [0.1, 0.15) is 28.7 Å². The van der Waals surface area contributed by atoms with Crippen LogP contribution in [-0.2, 0) is 9.53 Å². The van der Waals surface area contributed by atoms with Crippen molar-refractivity contribution in [2.75, 3.05) is 12.4 Å². The van der Waals surface area contributed by atoms with Gasteiger partial charge in [0.2, 0.25) is 0 Å². The molecule has 0 spiro atoms. The zero-order valence-electron chi connectivity index (χ0n) is 13.2. The maximum absolute atomic E-state index is 12.2. The molecule has 25 heavy (non-hydrogen) atoms. The second-order valence-electron chi connectivity index (χ2n) is 4.86. The summed E-state index contributed by atoms with van der Waals surface area (Å²) in [5, 5.41) is 12.4. The van der Waals surface area contributed by atoms with E-state index in [9.17, 15) is 14.9 Å². The number of hydrogen-bond donors (Lipinski definition) is 1. The number of nitrogens with zero attached hydrogens (tertiary/aromatic N) is 1. The first-order chi connectivity index (χ1) is 11.8. The van der Waals surface area contributed by atoms with Crippen LogP contribution in [0.2, 0.25) is 10.0 Å². The number of benzene rings is 1. The average Bonchev–Trinajstić information content (AvgIpc) is 2.94. The summed E-state index contributed by atoms with van der Waals surface area (Å²) < 4.78 is 9.98. The maximum Gasteiger partial charge on any atom is 0.341 e. The molecule has 128 valence electrons. The molecule has 2 aromatic rings. The van der Waals surface area contributed by atoms with E-state index in [2.05, 4.69) is 10.1 Å². The number of nitrogens with one attached hydrogen (secondary N) is 1. The number of aryl methyl sites for hydroxylation is 1. The molecule has 0 bridgehead atoms. The van der Waals surface area contributed by atoms with E-state index in [1.54, 1.807) is 19.1 Å². The standard InChI is InChI=1S/C17H12Cl2N2O4/c1-9-13(17(23)24-2)7-12(25-9)5-10(8-20)16(22)21-15-4-3-11(18)6-14(15)19/h3-7H,1-2H3,(H,21,22)/b10-5+. The van der Waals surface area contributed by atoms with E-state index in [-0.39, 0.29) is 21.9 Å². The summed E-state index contributed by atoms with van der Waals surface area (Å²) in [7, 11) is 1.24. The van der Waals surface area contributed by atoms with E-state index >= 15 is 0 Å². The van der Waals surface area contributed by atoms with Crippen LogP contribution < -0.4 is 5.32 Å². The third kappa shape index (κ3) is 4.41. The van der Waals surface area contributed by atoms with Crippen molar-refractivity contribution in [2.24, 2.45) is 0 Å². The number of rotatable bonds is 4. The van der Waals surface area contributed by atoms with E-state index in [0.29, 0.717) is 16.5 Å². The molecule has 0 radical (unpaired) electrons. The molecule has 0 unspecified atom stereocenters. The fourth-order valence-corrected chi connectivity index (χ4v) is 2.42. The van der Waals surface area contributed by atoms with Gasteiger partial charge < -0.3 is 14.5 Å². The summed E-state index contributed by atoms with van der Waals surface area (Å²) in [5.41, 5.74) is 0.298. The van der Waals surface area contributed by atoms with Gasteiger partial charge >= 0.3 is 5.97 Å². The lowest BCUT2D eigenvalue weighted by atomic mass is 10.2. The number of methoxy groups -OCH3 is 1. The molecular formula is C17H12Cl2N2O4. The molecule has 0 atom stereocenters. The van der Waals surface area contributed by atoms with Crippen LogP contribution in [0.4, 0.5) is 5.69 Å². The predicted molar refractivity (Wildman–Crippen MR) is 93.5 cm³/mol. The van der Waals surface area contributed by atoms with E-state index in [1.165, 1.54) is 31.4 Å². The number of hydrogen-bond acceptors (Lipinski definition) is 5. The highest BCUT2D eigenvalue weighted by Crippen LogP contribution is 2.26. The van der Waals surface area contributed by atoms with Crippen LogP contribution in [-0.4, -0.2) is 19.0 Å². The summed E-state index contributed by atoms with van der Waals surface area (Å²) >= 11 is 11.8. The summed E-state index contributed by atoms with van der Waals surface area (Å²) in [6, 6.07) is 7.70. The monoisotopic (exact) mass is 378 g/mol. The lowest BCUT2D eigenvalue weighted by Gasteiger charge is -2.06. The Kier molecular flexibility index (Phi) is 5.86. The average molecular weight is 379 g/mol. The molecule has 1 N–H and O–H groups in total. The van der Waals surface area contributed by atoms with Crippen molar-refractivity contribution in [2.45, 2.75) is 6.92 Å². The van der Waals surface area contributed by atoms with E-state index in [4.69, 9.17) is 27.6 Å². The predicted octanol–water partition coefficient (Wildman–Crippen LogP) is 4.23. The molecule has 1 heterocycles. The van der Waals surface area contributed by atoms with Crippen molar-refractivity contribution in [3.8, 4) is 6.07 Å². The normalized spacial score (nSPS) is 10.9. The summed E-state index contributed by atoms with van der Waals surface area (Å²) in [5.74, 6) is -0.763. The minimum absolute atomic E-state index is 0.173. The number of carbonyl (C=O) groups excluding carboxylic acids is 2. The number of amides is 1. The highest BCUT2D eigenvalue weighted by molar-refractivity contribution is 6.36. The highest BCUT2D eigenvalue weighted by atomic mass is 35.5. The van der Waals surface area contributed by atoms with Gasteiger partial charge in [0, 0.05) is 11.1 Å². The van der Waals surface area contributed by atoms with Gasteiger partial charge in [0.15, 0.2) is 0 Å². The Labute approximate surface area is 153 Å². The van der Waals surface area contributed by atoms with Gasteiger partial charge in [0.25, 0.3) is 5.91 Å². The zero-order valence-corrected chi connectivity index (χ0v) is 14.7. The SMILES string of the molecule is COC(=O)c1cc(/C=C(\C#N)C(=O)Nc2ccc(Cl)cc2Cl)oc1C. The second kappa shape index (κ2) is 7.88. The largest absolute Gasteiger partial charge is 0.465 e. The molecule has 2 rings (SSSR count). The van der Waals surface area contributed by atoms with Crippen LogP contribution in [0.3, 0.4) is 0 Å². The van der Waals surface area contributed by atoms with Crippen molar-refractivity contribution in [1.82, 2.24) is 0 Å². The van der Waals surface area contributed by atoms with Crippen molar-refractivity contribution in [3.63, 3.8) is 0 Å². The van der Waals surface area contributed by atoms with Gasteiger partial charge in [-0.15, -0.1) is 0 Å². The van der Waals surface area contributed by atoms with Gasteiger partial charge in [-0.2, -0.15) is 5.26 Å². The molecule has 0 saturated heterocycles. The number of esters is 1. The van der Waals surface area contributed by atoms with E-state index in [1.807, 2.05) is 0 Å². The molecule has 0 aliphatic rings. The van der Waals surface area contributed by atoms with Crippen LogP contribution in [0.25, 0.3) is 6.08 Å². The number of furan rings is 1. The Bertz CT molecular complexity index is 910. The van der Waals surface area contributed by atoms with Gasteiger partial charge in [-0.25, -0.2) is 4.79 Å². The molecular weight excluding hydrogens is 367 g/mol. The van der Waals surface area contributed by atoms with E-state index in [0.717, 1.165) is 0 Å². The topological polar surface area (TPSA) is 92.3 Å². The lowest BCUT2D eigenvalue weighted by Crippen LogP contribution is -2.13. The van der Waals surface area contributed by atoms with Crippen molar-refractivity contribution in [1.29, 1.82) is 5.26 Å². The van der Waals surface area contributed by atoms with Crippen LogP contribution >= 0.6 is 23.2 Å². The first kappa shape index (κ1) is 18.6. The minimum Gasteiger partial charge on any atom is -0.465 e. The first-order valence-corrected chi connectivity index (χ1v) is 7.68. The van der Waals surface area contributed by atoms with Crippen LogP contribution in [0.15, 0.2) is 34.3 Å². The third-order valence-corrected chi connectivity index (χ3v) is 3.72. The number of nitriles is 1. The maximum atomic E-state index is 12.2. The Balaban J connectivity index is 2.27. The third-order valence-electron chi connectivity index (χ3n) is 3.17. The number of anilines is 1. The van der Waals surface area contributed by atoms with Crippen molar-refractivity contribution >= 4 is 46.8 Å². The van der Waals surface area contributed by atoms with E-state index < -0.39 is 11.9 Å². The number of ether oxygens (including phenoxy) is 1. The molecule has 0 aliphatic heterocycles. The molecule has 0 saturated carbocycles. The zero-order chi connectivity index (χ0) is 18.6. The molecule has 8 heteroatoms. The Morgan fingerprint density at radius 3 is 2.64 bits per heavy atom. The molecule has 0 aliphatic carbocycles. The van der Waals surface area contributed by atoms with Gasteiger partial charge in [-0.3, -0.25) is 4.79 Å². The van der Waals surface area contributed by atoms with Crippen molar-refractivity contribution < 1.29 is 18.7 Å². The van der Waals surface area contributed by atoms with Crippen LogP contribution in [0.1, 0.15) is 21.9 Å². The Hall–Kier alpha value is -2.75. The van der Waals surface area contributed by atoms with Gasteiger partial charge in [0.05, 0.1) is 17.8 Å². The first-order valence-electron chi connectivity index (χ1n) is 6.92. The van der Waals surface area contributed by atoms with Crippen LogP contribution in [0, 0.1) is 18.3 Å². The van der Waals surface area contributed by atoms with Crippen molar-refractivity contribution in [3.05, 3.63) is 57.0 Å². The summed E-state index contributed by atoms with van der Waals surface area (Å²) in [4.78, 5) is 23.8. The summed E-state index contributed by atoms with van der Waals surface area (Å²) in [6.45, 7) is 1.57. The quantitative estimate of drug-likeness (QED) is 0.488. The highest BCUT2D eigenvalue weighted by Gasteiger charge is 2.17. The molecule has 0 fully saturated rings. The fourth-order valence-electron chi connectivity index (χ4n) is 1.96. The molecule has 1 amide bonds. The smallest absolute Gasteiger partial charge is 0.341 e. The summed E-state index contributed by atoms with van der Waals surface area (Å²) in [6.07, 6.45) is 1.22. The molecule has 1 aromatic heterocycles. The van der Waals surface area contributed by atoms with Crippen LogP contribution in [0.5, 0.6) is 0 Å². The lowest BCUT2D eigenvalue weighted by molar-refractivity contribution is -0.112. The molecule has 1 aromatic carbocycles. The fraction of sp³-hybridized carbons (Fsp3) is 0.118. The minimum atomic E-state index is -0.680. The number of carbonyl (C=O) groups is 2. The van der Waals surface area contributed by atoms with Gasteiger partial charge in [-0.1, -0.05) is 23.2 Å². The Morgan fingerprint density at radius 1 is 1.32 bits per heavy atom. The second-order valence-corrected chi connectivity index (χ2v) is 5.70. The molecule has 6 nitrogen and oxygen atoms in total. The number of halogens is 2. The van der Waals surface area contributed by atoms with Gasteiger partial charge in [-0.05, 0) is 31.2 Å².